The number of rotatable bonds is 4. The van der Waals surface area contributed by atoms with Crippen LogP contribution >= 0.6 is 11.3 Å². The van der Waals surface area contributed by atoms with Crippen molar-refractivity contribution in [2.24, 2.45) is 11.7 Å². The first kappa shape index (κ1) is 16.4. The van der Waals surface area contributed by atoms with E-state index >= 15 is 0 Å². The first-order valence-corrected chi connectivity index (χ1v) is 8.66. The summed E-state index contributed by atoms with van der Waals surface area (Å²) in [4.78, 5) is 17.5. The zero-order valence-corrected chi connectivity index (χ0v) is 14.3. The zero-order chi connectivity index (χ0) is 15.6. The Hall–Kier alpha value is -0.940. The highest BCUT2D eigenvalue weighted by atomic mass is 32.1. The van der Waals surface area contributed by atoms with Gasteiger partial charge in [0.1, 0.15) is 9.88 Å². The summed E-state index contributed by atoms with van der Waals surface area (Å²) in [6.07, 6.45) is 4.25. The third-order valence-electron chi connectivity index (χ3n) is 4.12. The number of nitrogens with two attached hydrogens (primary N) is 1. The van der Waals surface area contributed by atoms with E-state index in [2.05, 4.69) is 6.92 Å². The van der Waals surface area contributed by atoms with Crippen LogP contribution in [0.3, 0.4) is 0 Å². The third kappa shape index (κ3) is 3.46. The minimum absolute atomic E-state index is 0.194. The number of nitrogens with zero attached hydrogens (tertiary/aromatic N) is 1. The highest BCUT2D eigenvalue weighted by molar-refractivity contribution is 7.13. The normalized spacial score (nSPS) is 26.1. The summed E-state index contributed by atoms with van der Waals surface area (Å²) in [5.41, 5.74) is 7.07. The van der Waals surface area contributed by atoms with Crippen LogP contribution in [-0.4, -0.2) is 17.6 Å². The molecule has 1 aromatic heterocycles. The molecule has 2 rings (SSSR count). The number of carbonyl (C=O) groups excluding carboxylic acids is 1. The summed E-state index contributed by atoms with van der Waals surface area (Å²) < 4.78 is 5.16. The Morgan fingerprint density at radius 3 is 2.86 bits per heavy atom. The van der Waals surface area contributed by atoms with E-state index in [1.807, 2.05) is 20.8 Å². The maximum absolute atomic E-state index is 12.1. The number of esters is 1. The summed E-state index contributed by atoms with van der Waals surface area (Å²) in [7, 11) is 0. The lowest BCUT2D eigenvalue weighted by atomic mass is 9.77. The minimum Gasteiger partial charge on any atom is -0.462 e. The van der Waals surface area contributed by atoms with E-state index in [1.54, 1.807) is 0 Å². The van der Waals surface area contributed by atoms with Crippen molar-refractivity contribution in [1.29, 1.82) is 0 Å². The van der Waals surface area contributed by atoms with Crippen molar-refractivity contribution in [2.75, 3.05) is 6.61 Å². The molecule has 1 heterocycles. The molecule has 0 spiro atoms. The largest absolute Gasteiger partial charge is 0.462 e. The average Bonchev–Trinajstić information content (AvgIpc) is 2.84. The van der Waals surface area contributed by atoms with Gasteiger partial charge in [0.05, 0.1) is 17.8 Å². The monoisotopic (exact) mass is 310 g/mol. The molecule has 0 aromatic carbocycles. The van der Waals surface area contributed by atoms with Gasteiger partial charge in [0.15, 0.2) is 0 Å². The first-order valence-electron chi connectivity index (χ1n) is 7.84. The van der Waals surface area contributed by atoms with Crippen molar-refractivity contribution in [3.63, 3.8) is 0 Å². The Morgan fingerprint density at radius 1 is 1.57 bits per heavy atom. The topological polar surface area (TPSA) is 65.2 Å². The van der Waals surface area contributed by atoms with Crippen LogP contribution in [0.15, 0.2) is 0 Å². The number of hydrogen-bond donors (Lipinski definition) is 1. The van der Waals surface area contributed by atoms with Gasteiger partial charge in [-0.2, -0.15) is 0 Å². The summed E-state index contributed by atoms with van der Waals surface area (Å²) >= 11 is 1.43. The fraction of sp³-hybridized carbons (Fsp3) is 0.750. The average molecular weight is 310 g/mol. The Bertz CT molecular complexity index is 512. The van der Waals surface area contributed by atoms with Crippen LogP contribution in [0.1, 0.15) is 79.7 Å². The number of ether oxygens (including phenoxy) is 1. The predicted octanol–water partition coefficient (Wildman–Crippen LogP) is 3.81. The van der Waals surface area contributed by atoms with Gasteiger partial charge in [0, 0.05) is 0 Å². The molecule has 2 atom stereocenters. The van der Waals surface area contributed by atoms with Gasteiger partial charge in [-0.05, 0) is 31.6 Å². The Balaban J connectivity index is 2.37. The molecule has 2 N–H and O–H groups in total. The van der Waals surface area contributed by atoms with Gasteiger partial charge in [-0.15, -0.1) is 11.3 Å². The molecule has 1 fully saturated rings. The molecule has 0 bridgehead atoms. The maximum Gasteiger partial charge on any atom is 0.350 e. The van der Waals surface area contributed by atoms with Crippen LogP contribution in [0.25, 0.3) is 0 Å². The van der Waals surface area contributed by atoms with Crippen LogP contribution in [0.5, 0.6) is 0 Å². The Kier molecular flexibility index (Phi) is 5.04. The molecule has 4 nitrogen and oxygen atoms in total. The first-order chi connectivity index (χ1) is 9.87. The molecule has 118 valence electrons. The van der Waals surface area contributed by atoms with Crippen molar-refractivity contribution in [2.45, 2.75) is 64.8 Å². The summed E-state index contributed by atoms with van der Waals surface area (Å²) in [6.45, 7) is 8.54. The van der Waals surface area contributed by atoms with Gasteiger partial charge in [-0.25, -0.2) is 9.78 Å². The van der Waals surface area contributed by atoms with E-state index in [1.165, 1.54) is 17.8 Å². The van der Waals surface area contributed by atoms with Crippen molar-refractivity contribution in [1.82, 2.24) is 4.98 Å². The molecule has 0 saturated heterocycles. The van der Waals surface area contributed by atoms with E-state index in [0.29, 0.717) is 17.4 Å². The van der Waals surface area contributed by atoms with E-state index in [9.17, 15) is 4.79 Å². The molecule has 0 radical (unpaired) electrons. The molecule has 2 unspecified atom stereocenters. The second-order valence-corrected chi connectivity index (χ2v) is 7.47. The molecule has 1 aliphatic rings. The van der Waals surface area contributed by atoms with E-state index < -0.39 is 0 Å². The molecule has 1 aliphatic carbocycles. The SMILES string of the molecule is CCOC(=O)c1sc(C2(N)CCCC(C)C2)nc1C(C)C. The lowest BCUT2D eigenvalue weighted by Gasteiger charge is -2.35. The Morgan fingerprint density at radius 2 is 2.29 bits per heavy atom. The van der Waals surface area contributed by atoms with Crippen LogP contribution < -0.4 is 5.73 Å². The molecule has 0 amide bonds. The molecular formula is C16H26N2O2S. The van der Waals surface area contributed by atoms with Crippen molar-refractivity contribution >= 4 is 17.3 Å². The fourth-order valence-electron chi connectivity index (χ4n) is 3.07. The van der Waals surface area contributed by atoms with Crippen molar-refractivity contribution in [3.05, 3.63) is 15.6 Å². The van der Waals surface area contributed by atoms with Gasteiger partial charge in [-0.3, -0.25) is 0 Å². The maximum atomic E-state index is 12.1. The van der Waals surface area contributed by atoms with Gasteiger partial charge >= 0.3 is 5.97 Å². The van der Waals surface area contributed by atoms with Gasteiger partial charge in [0.2, 0.25) is 0 Å². The fourth-order valence-corrected chi connectivity index (χ4v) is 4.32. The van der Waals surface area contributed by atoms with Gasteiger partial charge in [0.25, 0.3) is 0 Å². The summed E-state index contributed by atoms with van der Waals surface area (Å²) in [5.74, 6) is 0.539. The second-order valence-electron chi connectivity index (χ2n) is 6.47. The molecule has 21 heavy (non-hydrogen) atoms. The van der Waals surface area contributed by atoms with Gasteiger partial charge < -0.3 is 10.5 Å². The number of hydrogen-bond acceptors (Lipinski definition) is 5. The lowest BCUT2D eigenvalue weighted by Crippen LogP contribution is -2.40. The molecule has 0 aliphatic heterocycles. The Labute approximate surface area is 131 Å². The minimum atomic E-state index is -0.378. The predicted molar refractivity (Wildman–Crippen MR) is 85.7 cm³/mol. The quantitative estimate of drug-likeness (QED) is 0.859. The molecular weight excluding hydrogens is 284 g/mol. The summed E-state index contributed by atoms with van der Waals surface area (Å²) in [6, 6.07) is 0. The second kappa shape index (κ2) is 6.44. The summed E-state index contributed by atoms with van der Waals surface area (Å²) in [5, 5.41) is 0.904. The highest BCUT2D eigenvalue weighted by Gasteiger charge is 2.37. The van der Waals surface area contributed by atoms with E-state index in [4.69, 9.17) is 15.5 Å². The van der Waals surface area contributed by atoms with Crippen LogP contribution in [0, 0.1) is 5.92 Å². The van der Waals surface area contributed by atoms with Crippen LogP contribution in [0.2, 0.25) is 0 Å². The van der Waals surface area contributed by atoms with Crippen molar-refractivity contribution in [3.8, 4) is 0 Å². The third-order valence-corrected chi connectivity index (χ3v) is 5.39. The molecule has 1 saturated carbocycles. The standard InChI is InChI=1S/C16H26N2O2S/c1-5-20-14(19)13-12(10(2)3)18-15(21-13)16(17)8-6-7-11(4)9-16/h10-11H,5-9,17H2,1-4H3. The highest BCUT2D eigenvalue weighted by Crippen LogP contribution is 2.41. The molecule has 1 aromatic rings. The van der Waals surface area contributed by atoms with E-state index in [-0.39, 0.29) is 17.4 Å². The van der Waals surface area contributed by atoms with Crippen LogP contribution in [0.4, 0.5) is 0 Å². The number of carbonyl (C=O) groups is 1. The zero-order valence-electron chi connectivity index (χ0n) is 13.4. The number of aromatic nitrogens is 1. The molecule has 5 heteroatoms. The smallest absolute Gasteiger partial charge is 0.350 e. The van der Waals surface area contributed by atoms with Gasteiger partial charge in [-0.1, -0.05) is 33.6 Å². The van der Waals surface area contributed by atoms with E-state index in [0.717, 1.165) is 30.0 Å². The number of thiazole rings is 1. The van der Waals surface area contributed by atoms with Crippen LogP contribution in [-0.2, 0) is 10.3 Å². The lowest BCUT2D eigenvalue weighted by molar-refractivity contribution is 0.0530. The van der Waals surface area contributed by atoms with Crippen molar-refractivity contribution < 1.29 is 9.53 Å².